The van der Waals surface area contributed by atoms with Crippen molar-refractivity contribution in [1.29, 1.82) is 0 Å². The van der Waals surface area contributed by atoms with Gasteiger partial charge in [0.15, 0.2) is 0 Å². The highest BCUT2D eigenvalue weighted by Crippen LogP contribution is 2.08. The summed E-state index contributed by atoms with van der Waals surface area (Å²) in [7, 11) is 0. The highest BCUT2D eigenvalue weighted by atomic mass is 32.1. The zero-order chi connectivity index (χ0) is 12.1. The Morgan fingerprint density at radius 2 is 2.24 bits per heavy atom. The van der Waals surface area contributed by atoms with E-state index in [9.17, 15) is 9.59 Å². The van der Waals surface area contributed by atoms with Gasteiger partial charge in [-0.05, 0) is 30.0 Å². The molecular formula is C12H12N2O2S. The summed E-state index contributed by atoms with van der Waals surface area (Å²) in [5.74, 6) is -0.330. The molecule has 5 heteroatoms. The summed E-state index contributed by atoms with van der Waals surface area (Å²) in [6.07, 6.45) is 2.29. The number of aromatic nitrogens is 1. The van der Waals surface area contributed by atoms with Gasteiger partial charge in [-0.25, -0.2) is 0 Å². The third-order valence-corrected chi connectivity index (χ3v) is 3.24. The largest absolute Gasteiger partial charge is 0.352 e. The molecule has 4 nitrogen and oxygen atoms in total. The van der Waals surface area contributed by atoms with Gasteiger partial charge in [-0.3, -0.25) is 9.59 Å². The molecule has 2 aromatic heterocycles. The Balaban J connectivity index is 1.90. The topological polar surface area (TPSA) is 62.0 Å². The smallest absolute Gasteiger partial charge is 0.260 e. The molecule has 0 aliphatic heterocycles. The van der Waals surface area contributed by atoms with E-state index in [1.165, 1.54) is 17.1 Å². The average Bonchev–Trinajstić information content (AvgIpc) is 2.82. The summed E-state index contributed by atoms with van der Waals surface area (Å²) in [5, 5.41) is 4.72. The summed E-state index contributed by atoms with van der Waals surface area (Å²) in [6, 6.07) is 7.14. The molecule has 0 bridgehead atoms. The zero-order valence-corrected chi connectivity index (χ0v) is 9.92. The van der Waals surface area contributed by atoms with Crippen molar-refractivity contribution in [3.63, 3.8) is 0 Å². The lowest BCUT2D eigenvalue weighted by molar-refractivity contribution is 0.0952. The Kier molecular flexibility index (Phi) is 3.72. The van der Waals surface area contributed by atoms with E-state index in [1.807, 2.05) is 17.5 Å². The highest BCUT2D eigenvalue weighted by molar-refractivity contribution is 7.09. The van der Waals surface area contributed by atoms with Crippen molar-refractivity contribution in [3.8, 4) is 0 Å². The van der Waals surface area contributed by atoms with Gasteiger partial charge in [-0.2, -0.15) is 0 Å². The average molecular weight is 248 g/mol. The second-order valence-corrected chi connectivity index (χ2v) is 4.53. The Hall–Kier alpha value is -1.88. The van der Waals surface area contributed by atoms with Crippen LogP contribution in [0.1, 0.15) is 15.2 Å². The van der Waals surface area contributed by atoms with Gasteiger partial charge in [-0.1, -0.05) is 6.07 Å². The number of aromatic amines is 1. The number of nitrogens with one attached hydrogen (secondary N) is 2. The first-order valence-electron chi connectivity index (χ1n) is 5.25. The number of carbonyl (C=O) groups is 1. The molecule has 0 unspecified atom stereocenters. The fourth-order valence-electron chi connectivity index (χ4n) is 1.45. The standard InChI is InChI=1S/C12H12N2O2S/c15-11-10(4-1-6-13-11)12(16)14-7-5-9-3-2-8-17-9/h1-4,6,8H,5,7H2,(H,13,15)(H,14,16). The second kappa shape index (κ2) is 5.45. The van der Waals surface area contributed by atoms with E-state index >= 15 is 0 Å². The SMILES string of the molecule is O=C(NCCc1cccs1)c1ccc[nH]c1=O. The Bertz CT molecular complexity index is 546. The number of H-pyrrole nitrogens is 1. The zero-order valence-electron chi connectivity index (χ0n) is 9.10. The van der Waals surface area contributed by atoms with Gasteiger partial charge in [0.25, 0.3) is 11.5 Å². The number of carbonyl (C=O) groups excluding carboxylic acids is 1. The van der Waals surface area contributed by atoms with Gasteiger partial charge in [0.05, 0.1) is 0 Å². The molecule has 2 aromatic rings. The molecule has 1 amide bonds. The van der Waals surface area contributed by atoms with Crippen molar-refractivity contribution in [3.05, 3.63) is 56.6 Å². The summed E-state index contributed by atoms with van der Waals surface area (Å²) in [6.45, 7) is 0.535. The van der Waals surface area contributed by atoms with Crippen LogP contribution in [0.4, 0.5) is 0 Å². The van der Waals surface area contributed by atoms with Gasteiger partial charge >= 0.3 is 0 Å². The number of thiophene rings is 1. The molecule has 88 valence electrons. The first kappa shape index (κ1) is 11.6. The Morgan fingerprint density at radius 3 is 2.94 bits per heavy atom. The van der Waals surface area contributed by atoms with Gasteiger partial charge in [0.2, 0.25) is 0 Å². The molecular weight excluding hydrogens is 236 g/mol. The van der Waals surface area contributed by atoms with Crippen LogP contribution >= 0.6 is 11.3 Å². The van der Waals surface area contributed by atoms with Crippen LogP contribution < -0.4 is 10.9 Å². The minimum Gasteiger partial charge on any atom is -0.352 e. The quantitative estimate of drug-likeness (QED) is 0.859. The van der Waals surface area contributed by atoms with Crippen molar-refractivity contribution in [2.45, 2.75) is 6.42 Å². The molecule has 0 atom stereocenters. The number of pyridine rings is 1. The van der Waals surface area contributed by atoms with Crippen molar-refractivity contribution in [2.75, 3.05) is 6.54 Å². The van der Waals surface area contributed by atoms with E-state index in [1.54, 1.807) is 17.4 Å². The molecule has 17 heavy (non-hydrogen) atoms. The van der Waals surface area contributed by atoms with E-state index in [2.05, 4.69) is 10.3 Å². The number of rotatable bonds is 4. The van der Waals surface area contributed by atoms with Gasteiger partial charge < -0.3 is 10.3 Å². The van der Waals surface area contributed by atoms with Crippen LogP contribution in [-0.2, 0) is 6.42 Å². The van der Waals surface area contributed by atoms with Crippen molar-refractivity contribution < 1.29 is 4.79 Å². The molecule has 0 aromatic carbocycles. The molecule has 0 saturated heterocycles. The lowest BCUT2D eigenvalue weighted by Gasteiger charge is -2.03. The van der Waals surface area contributed by atoms with Crippen LogP contribution in [0.3, 0.4) is 0 Å². The van der Waals surface area contributed by atoms with Crippen LogP contribution in [0.2, 0.25) is 0 Å². The Morgan fingerprint density at radius 1 is 1.35 bits per heavy atom. The van der Waals surface area contributed by atoms with Crippen molar-refractivity contribution >= 4 is 17.2 Å². The van der Waals surface area contributed by atoms with Crippen LogP contribution in [0.15, 0.2) is 40.6 Å². The summed E-state index contributed by atoms with van der Waals surface area (Å²) in [4.78, 5) is 26.7. The van der Waals surface area contributed by atoms with E-state index in [-0.39, 0.29) is 17.0 Å². The van der Waals surface area contributed by atoms with E-state index in [0.29, 0.717) is 6.54 Å². The molecule has 0 fully saturated rings. The maximum atomic E-state index is 11.7. The molecule has 0 aliphatic rings. The van der Waals surface area contributed by atoms with E-state index in [0.717, 1.165) is 6.42 Å². The highest BCUT2D eigenvalue weighted by Gasteiger charge is 2.08. The summed E-state index contributed by atoms with van der Waals surface area (Å²) >= 11 is 1.65. The third kappa shape index (κ3) is 3.04. The third-order valence-electron chi connectivity index (χ3n) is 2.30. The van der Waals surface area contributed by atoms with Crippen LogP contribution in [0.25, 0.3) is 0 Å². The minimum atomic E-state index is -0.360. The molecule has 0 radical (unpaired) electrons. The molecule has 2 N–H and O–H groups in total. The van der Waals surface area contributed by atoms with Gasteiger partial charge in [-0.15, -0.1) is 11.3 Å². The fraction of sp³-hybridized carbons (Fsp3) is 0.167. The lowest BCUT2D eigenvalue weighted by atomic mass is 10.2. The first-order chi connectivity index (χ1) is 8.27. The maximum Gasteiger partial charge on any atom is 0.260 e. The lowest BCUT2D eigenvalue weighted by Crippen LogP contribution is -2.30. The normalized spacial score (nSPS) is 10.1. The Labute approximate surface area is 102 Å². The predicted octanol–water partition coefficient (Wildman–Crippen LogP) is 1.41. The molecule has 0 spiro atoms. The summed E-state index contributed by atoms with van der Waals surface area (Å²) < 4.78 is 0. The second-order valence-electron chi connectivity index (χ2n) is 3.50. The molecule has 2 heterocycles. The number of hydrogen-bond donors (Lipinski definition) is 2. The van der Waals surface area contributed by atoms with Crippen LogP contribution in [0, 0.1) is 0 Å². The molecule has 2 rings (SSSR count). The van der Waals surface area contributed by atoms with Crippen LogP contribution in [-0.4, -0.2) is 17.4 Å². The molecule has 0 saturated carbocycles. The first-order valence-corrected chi connectivity index (χ1v) is 6.13. The number of amides is 1. The molecule has 0 aliphatic carbocycles. The van der Waals surface area contributed by atoms with Gasteiger partial charge in [0.1, 0.15) is 5.56 Å². The van der Waals surface area contributed by atoms with Crippen molar-refractivity contribution in [2.24, 2.45) is 0 Å². The number of hydrogen-bond acceptors (Lipinski definition) is 3. The van der Waals surface area contributed by atoms with Gasteiger partial charge in [0, 0.05) is 17.6 Å². The van der Waals surface area contributed by atoms with Crippen molar-refractivity contribution in [1.82, 2.24) is 10.3 Å². The van der Waals surface area contributed by atoms with E-state index < -0.39 is 0 Å². The summed E-state index contributed by atoms with van der Waals surface area (Å²) in [5.41, 5.74) is -0.209. The minimum absolute atomic E-state index is 0.152. The van der Waals surface area contributed by atoms with E-state index in [4.69, 9.17) is 0 Å². The fourth-order valence-corrected chi connectivity index (χ4v) is 2.16. The van der Waals surface area contributed by atoms with Crippen LogP contribution in [0.5, 0.6) is 0 Å². The maximum absolute atomic E-state index is 11.7. The predicted molar refractivity (Wildman–Crippen MR) is 67.4 cm³/mol. The monoisotopic (exact) mass is 248 g/mol.